The van der Waals surface area contributed by atoms with Gasteiger partial charge in [0.25, 0.3) is 0 Å². The summed E-state index contributed by atoms with van der Waals surface area (Å²) in [5, 5.41) is 5.08. The monoisotopic (exact) mass is 570 g/mol. The zero-order valence-electron chi connectivity index (χ0n) is 20.0. The smallest absolute Gasteiger partial charge is 0.428 e. The first-order chi connectivity index (χ1) is 18.4. The minimum absolute atomic E-state index is 0.0430. The lowest BCUT2D eigenvalue weighted by Crippen LogP contribution is -2.33. The highest BCUT2D eigenvalue weighted by Crippen LogP contribution is 2.37. The van der Waals surface area contributed by atoms with Crippen molar-refractivity contribution in [2.24, 2.45) is 7.05 Å². The Labute approximate surface area is 219 Å². The number of halogens is 7. The molecule has 0 N–H and O–H groups in total. The van der Waals surface area contributed by atoms with Crippen LogP contribution in [0.3, 0.4) is 0 Å². The van der Waals surface area contributed by atoms with Crippen LogP contribution in [0.2, 0.25) is 0 Å². The number of imidazole rings is 1. The van der Waals surface area contributed by atoms with Gasteiger partial charge in [0.15, 0.2) is 11.3 Å². The van der Waals surface area contributed by atoms with Crippen LogP contribution in [-0.4, -0.2) is 47.4 Å². The van der Waals surface area contributed by atoms with E-state index in [0.29, 0.717) is 39.1 Å². The number of hydrogen-bond donors (Lipinski definition) is 0. The van der Waals surface area contributed by atoms with Gasteiger partial charge in [-0.15, -0.1) is 11.8 Å². The number of aromatic nitrogens is 6. The Bertz CT molecular complexity index is 1660. The van der Waals surface area contributed by atoms with E-state index < -0.39 is 30.0 Å². The quantitative estimate of drug-likeness (QED) is 0.160. The number of ether oxygens (including phenoxy) is 1. The molecule has 15 heteroatoms. The van der Waals surface area contributed by atoms with E-state index in [4.69, 9.17) is 0 Å². The first-order valence-corrected chi connectivity index (χ1v) is 12.2. The van der Waals surface area contributed by atoms with E-state index in [9.17, 15) is 30.7 Å². The lowest BCUT2D eigenvalue weighted by molar-refractivity contribution is -0.253. The van der Waals surface area contributed by atoms with Crippen molar-refractivity contribution in [3.8, 4) is 28.4 Å². The second-order valence-electron chi connectivity index (χ2n) is 8.24. The fourth-order valence-electron chi connectivity index (χ4n) is 3.85. The molecule has 1 aromatic carbocycles. The summed E-state index contributed by atoms with van der Waals surface area (Å²) >= 11 is 1.39. The Morgan fingerprint density at radius 3 is 2.36 bits per heavy atom. The maximum absolute atomic E-state index is 13.2. The Morgan fingerprint density at radius 2 is 1.72 bits per heavy atom. The van der Waals surface area contributed by atoms with Gasteiger partial charge in [0.1, 0.15) is 22.1 Å². The second-order valence-corrected chi connectivity index (χ2v) is 9.49. The van der Waals surface area contributed by atoms with Gasteiger partial charge in [0.2, 0.25) is 0 Å². The molecule has 39 heavy (non-hydrogen) atoms. The molecule has 0 saturated heterocycles. The molecule has 204 valence electrons. The SMILES string of the molecule is CCSc1nn2ccc(-c3ccc(OC(F)(F)C(F)F)cc3)nc2c1-c1nc2cc(C(F)(F)F)cnc2n1C. The first kappa shape index (κ1) is 26.7. The summed E-state index contributed by atoms with van der Waals surface area (Å²) in [5.41, 5.74) is 1.00. The normalized spacial score (nSPS) is 12.7. The number of hydrogen-bond acceptors (Lipinski definition) is 6. The van der Waals surface area contributed by atoms with Crippen LogP contribution in [0.25, 0.3) is 39.5 Å². The predicted molar refractivity (Wildman–Crippen MR) is 129 cm³/mol. The molecule has 0 unspecified atom stereocenters. The fourth-order valence-corrected chi connectivity index (χ4v) is 4.60. The van der Waals surface area contributed by atoms with Gasteiger partial charge in [-0.2, -0.15) is 35.8 Å². The van der Waals surface area contributed by atoms with Gasteiger partial charge in [-0.25, -0.2) is 19.5 Å². The Kier molecular flexibility index (Phi) is 6.64. The lowest BCUT2D eigenvalue weighted by atomic mass is 10.1. The summed E-state index contributed by atoms with van der Waals surface area (Å²) < 4.78 is 98.2. The number of pyridine rings is 1. The van der Waals surface area contributed by atoms with Crippen molar-refractivity contribution in [3.63, 3.8) is 0 Å². The summed E-state index contributed by atoms with van der Waals surface area (Å²) in [4.78, 5) is 13.0. The van der Waals surface area contributed by atoms with E-state index in [1.54, 1.807) is 23.9 Å². The molecule has 0 bridgehead atoms. The molecule has 0 aliphatic heterocycles. The van der Waals surface area contributed by atoms with Crippen LogP contribution in [0, 0.1) is 0 Å². The summed E-state index contributed by atoms with van der Waals surface area (Å²) in [6.07, 6.45) is -10.9. The van der Waals surface area contributed by atoms with Crippen molar-refractivity contribution >= 4 is 28.6 Å². The first-order valence-electron chi connectivity index (χ1n) is 11.3. The summed E-state index contributed by atoms with van der Waals surface area (Å²) in [7, 11) is 1.62. The highest BCUT2D eigenvalue weighted by atomic mass is 32.2. The van der Waals surface area contributed by atoms with Crippen LogP contribution < -0.4 is 4.74 Å². The third-order valence-corrected chi connectivity index (χ3v) is 6.50. The van der Waals surface area contributed by atoms with Crippen LogP contribution in [0.4, 0.5) is 30.7 Å². The number of fused-ring (bicyclic) bond motifs is 2. The average Bonchev–Trinajstić information content (AvgIpc) is 3.39. The largest absolute Gasteiger partial charge is 0.461 e. The Hall–Kier alpha value is -3.88. The van der Waals surface area contributed by atoms with Gasteiger partial charge in [0.05, 0.1) is 16.8 Å². The zero-order valence-corrected chi connectivity index (χ0v) is 20.9. The second kappa shape index (κ2) is 9.70. The molecule has 0 fully saturated rings. The van der Waals surface area contributed by atoms with Crippen molar-refractivity contribution in [2.45, 2.75) is 30.7 Å². The lowest BCUT2D eigenvalue weighted by Gasteiger charge is -2.16. The van der Waals surface area contributed by atoms with E-state index in [1.165, 1.54) is 28.4 Å². The molecule has 5 rings (SSSR count). The van der Waals surface area contributed by atoms with Crippen LogP contribution >= 0.6 is 11.8 Å². The molecular formula is C24H17F7N6OS. The minimum Gasteiger partial charge on any atom is -0.428 e. The Morgan fingerprint density at radius 1 is 1.00 bits per heavy atom. The van der Waals surface area contributed by atoms with Gasteiger partial charge >= 0.3 is 18.7 Å². The van der Waals surface area contributed by atoms with E-state index >= 15 is 0 Å². The molecule has 7 nitrogen and oxygen atoms in total. The summed E-state index contributed by atoms with van der Waals surface area (Å²) in [5.74, 6) is 0.474. The number of alkyl halides is 7. The van der Waals surface area contributed by atoms with Crippen LogP contribution in [0.5, 0.6) is 5.75 Å². The molecule has 4 heterocycles. The van der Waals surface area contributed by atoms with Crippen molar-refractivity contribution < 1.29 is 35.5 Å². The van der Waals surface area contributed by atoms with Crippen molar-refractivity contribution in [3.05, 3.63) is 54.4 Å². The molecule has 0 saturated carbocycles. The molecule has 0 radical (unpaired) electrons. The van der Waals surface area contributed by atoms with Crippen LogP contribution in [0.15, 0.2) is 53.8 Å². The average molecular weight is 570 g/mol. The van der Waals surface area contributed by atoms with Crippen molar-refractivity contribution in [2.75, 3.05) is 5.75 Å². The van der Waals surface area contributed by atoms with Gasteiger partial charge in [-0.1, -0.05) is 6.92 Å². The van der Waals surface area contributed by atoms with Crippen molar-refractivity contribution in [1.29, 1.82) is 0 Å². The number of nitrogens with zero attached hydrogens (tertiary/aromatic N) is 6. The fraction of sp³-hybridized carbons (Fsp3) is 0.250. The molecule has 0 aliphatic carbocycles. The predicted octanol–water partition coefficient (Wildman–Crippen LogP) is 6.71. The molecule has 0 aliphatic rings. The van der Waals surface area contributed by atoms with E-state index in [1.807, 2.05) is 6.92 Å². The third kappa shape index (κ3) is 4.97. The van der Waals surface area contributed by atoms with E-state index in [2.05, 4.69) is 24.8 Å². The van der Waals surface area contributed by atoms with Gasteiger partial charge in [-0.3, -0.25) is 0 Å². The molecule has 4 aromatic heterocycles. The van der Waals surface area contributed by atoms with Crippen LogP contribution in [0.1, 0.15) is 12.5 Å². The highest BCUT2D eigenvalue weighted by molar-refractivity contribution is 7.99. The van der Waals surface area contributed by atoms with E-state index in [0.717, 1.165) is 24.4 Å². The third-order valence-electron chi connectivity index (χ3n) is 5.65. The molecule has 5 aromatic rings. The maximum Gasteiger partial charge on any atom is 0.461 e. The van der Waals surface area contributed by atoms with Crippen LogP contribution in [-0.2, 0) is 13.2 Å². The minimum atomic E-state index is -4.64. The molecule has 0 atom stereocenters. The Balaban J connectivity index is 1.60. The highest BCUT2D eigenvalue weighted by Gasteiger charge is 2.44. The van der Waals surface area contributed by atoms with Gasteiger partial charge in [0, 0.05) is 25.0 Å². The molecule has 0 spiro atoms. The van der Waals surface area contributed by atoms with E-state index in [-0.39, 0.29) is 11.2 Å². The molecule has 0 amide bonds. The zero-order chi connectivity index (χ0) is 28.1. The number of aryl methyl sites for hydroxylation is 1. The standard InChI is InChI=1S/C24H17F7N6OS/c1-3-39-21-17(19-34-16-10-13(23(27,28)29)11-32-18(16)36(19)2)20-33-15(8-9-37(20)35-21)12-4-6-14(7-5-12)38-24(30,31)22(25)26/h4-11,22H,3H2,1-2H3. The topological polar surface area (TPSA) is 70.1 Å². The van der Waals surface area contributed by atoms with Gasteiger partial charge < -0.3 is 9.30 Å². The molecular weight excluding hydrogens is 553 g/mol. The van der Waals surface area contributed by atoms with Crippen molar-refractivity contribution in [1.82, 2.24) is 29.1 Å². The number of rotatable bonds is 7. The maximum atomic E-state index is 13.2. The summed E-state index contributed by atoms with van der Waals surface area (Å²) in [6, 6.07) is 7.52. The van der Waals surface area contributed by atoms with Gasteiger partial charge in [-0.05, 0) is 42.2 Å². The summed E-state index contributed by atoms with van der Waals surface area (Å²) in [6.45, 7) is 1.91. The number of thioether (sulfide) groups is 1. The number of benzene rings is 1.